The van der Waals surface area contributed by atoms with Gasteiger partial charge in [-0.2, -0.15) is 17.0 Å². The van der Waals surface area contributed by atoms with Crippen LogP contribution in [0.2, 0.25) is 0 Å². The second-order valence-corrected chi connectivity index (χ2v) is 7.59. The van der Waals surface area contributed by atoms with Gasteiger partial charge in [0.1, 0.15) is 12.1 Å². The van der Waals surface area contributed by atoms with E-state index in [0.29, 0.717) is 0 Å². The van der Waals surface area contributed by atoms with Crippen LogP contribution in [0.3, 0.4) is 0 Å². The minimum absolute atomic E-state index is 0.0325. The first-order valence-corrected chi connectivity index (χ1v) is 9.26. The van der Waals surface area contributed by atoms with Crippen LogP contribution >= 0.6 is 0 Å². The van der Waals surface area contributed by atoms with E-state index in [1.165, 1.54) is 14.0 Å². The van der Waals surface area contributed by atoms with Gasteiger partial charge >= 0.3 is 11.9 Å². The molecular weight excluding hydrogens is 336 g/mol. The number of carbonyl (C=O) groups excluding carboxylic acids is 2. The number of rotatable bonds is 6. The van der Waals surface area contributed by atoms with Gasteiger partial charge in [-0.3, -0.25) is 9.59 Å². The summed E-state index contributed by atoms with van der Waals surface area (Å²) >= 11 is 0. The first-order valence-electron chi connectivity index (χ1n) is 7.86. The van der Waals surface area contributed by atoms with Crippen molar-refractivity contribution in [2.45, 2.75) is 39.8 Å². The summed E-state index contributed by atoms with van der Waals surface area (Å²) in [6, 6.07) is -1.97. The molecule has 0 N–H and O–H groups in total. The zero-order valence-corrected chi connectivity index (χ0v) is 15.6. The maximum absolute atomic E-state index is 13.0. The molecule has 2 atom stereocenters. The number of hydrogen-bond acceptors (Lipinski definition) is 6. The fourth-order valence-corrected chi connectivity index (χ4v) is 4.44. The molecule has 0 aliphatic carbocycles. The van der Waals surface area contributed by atoms with Gasteiger partial charge in [-0.15, -0.1) is 0 Å². The van der Waals surface area contributed by atoms with Crippen molar-refractivity contribution in [1.82, 2.24) is 8.61 Å². The number of hydrogen-bond donors (Lipinski definition) is 0. The Labute approximate surface area is 143 Å². The molecule has 24 heavy (non-hydrogen) atoms. The Kier molecular flexibility index (Phi) is 7.37. The van der Waals surface area contributed by atoms with Crippen molar-refractivity contribution in [3.63, 3.8) is 0 Å². The molecule has 0 amide bonds. The average Bonchev–Trinajstić information content (AvgIpc) is 2.65. The molecule has 0 aromatic heterocycles. The lowest BCUT2D eigenvalue weighted by Gasteiger charge is -2.34. The van der Waals surface area contributed by atoms with Gasteiger partial charge in [-0.25, -0.2) is 0 Å². The number of ether oxygens (including phenoxy) is 2. The molecule has 1 rings (SSSR count). The number of methoxy groups -OCH3 is 1. The van der Waals surface area contributed by atoms with Crippen LogP contribution in [0.25, 0.3) is 0 Å². The molecule has 0 bridgehead atoms. The maximum atomic E-state index is 13.0. The molecule has 8 nitrogen and oxygen atoms in total. The van der Waals surface area contributed by atoms with Gasteiger partial charge in [-0.1, -0.05) is 26.0 Å². The molecule has 0 radical (unpaired) electrons. The van der Waals surface area contributed by atoms with E-state index in [4.69, 9.17) is 9.47 Å². The second kappa shape index (κ2) is 8.59. The van der Waals surface area contributed by atoms with Crippen LogP contribution in [-0.2, 0) is 29.3 Å². The van der Waals surface area contributed by atoms with E-state index in [9.17, 15) is 18.0 Å². The highest BCUT2D eigenvalue weighted by Crippen LogP contribution is 2.23. The molecule has 1 heterocycles. The SMILES string of the molecule is CCOC(=O)C(C)N1CC=CCN(C(C(=O)OC)C(C)C)S1(=O)=O. The van der Waals surface area contributed by atoms with Crippen molar-refractivity contribution < 1.29 is 27.5 Å². The Morgan fingerprint density at radius 3 is 2.08 bits per heavy atom. The van der Waals surface area contributed by atoms with E-state index in [1.807, 2.05) is 0 Å². The van der Waals surface area contributed by atoms with E-state index < -0.39 is 34.2 Å². The van der Waals surface area contributed by atoms with Crippen molar-refractivity contribution in [2.75, 3.05) is 26.8 Å². The van der Waals surface area contributed by atoms with E-state index in [-0.39, 0.29) is 25.6 Å². The van der Waals surface area contributed by atoms with Crippen LogP contribution in [0.5, 0.6) is 0 Å². The normalized spacial score (nSPS) is 21.1. The summed E-state index contributed by atoms with van der Waals surface area (Å²) in [5.74, 6) is -1.55. The number of esters is 2. The van der Waals surface area contributed by atoms with Gasteiger partial charge in [0.2, 0.25) is 0 Å². The Bertz CT molecular complexity index is 587. The minimum atomic E-state index is -4.06. The summed E-state index contributed by atoms with van der Waals surface area (Å²) in [5, 5.41) is 0. The fraction of sp³-hybridized carbons (Fsp3) is 0.733. The zero-order valence-electron chi connectivity index (χ0n) is 14.8. The smallest absolute Gasteiger partial charge is 0.324 e. The molecule has 0 spiro atoms. The van der Waals surface area contributed by atoms with Crippen molar-refractivity contribution >= 4 is 22.1 Å². The standard InChI is InChI=1S/C15H26N2O6S/c1-6-23-14(18)12(4)16-9-7-8-10-17(24(16,20)21)13(11(2)3)15(19)22-5/h7-8,11-13H,6,9-10H2,1-5H3. The lowest BCUT2D eigenvalue weighted by Crippen LogP contribution is -2.56. The van der Waals surface area contributed by atoms with E-state index in [2.05, 4.69) is 0 Å². The van der Waals surface area contributed by atoms with Gasteiger partial charge in [0, 0.05) is 13.1 Å². The zero-order chi connectivity index (χ0) is 18.5. The summed E-state index contributed by atoms with van der Waals surface area (Å²) in [6.07, 6.45) is 3.32. The fourth-order valence-electron chi connectivity index (χ4n) is 2.52. The summed E-state index contributed by atoms with van der Waals surface area (Å²) in [7, 11) is -2.84. The molecule has 1 aliphatic rings. The summed E-state index contributed by atoms with van der Waals surface area (Å²) in [4.78, 5) is 24.1. The Balaban J connectivity index is 3.25. The summed E-state index contributed by atoms with van der Waals surface area (Å²) in [5.41, 5.74) is 0. The average molecular weight is 362 g/mol. The second-order valence-electron chi connectivity index (χ2n) is 5.76. The van der Waals surface area contributed by atoms with Crippen LogP contribution in [0.4, 0.5) is 0 Å². The van der Waals surface area contributed by atoms with Gasteiger partial charge in [0.15, 0.2) is 0 Å². The molecule has 0 aromatic carbocycles. The van der Waals surface area contributed by atoms with E-state index >= 15 is 0 Å². The van der Waals surface area contributed by atoms with Crippen LogP contribution in [0.15, 0.2) is 12.2 Å². The topological polar surface area (TPSA) is 93.2 Å². The van der Waals surface area contributed by atoms with E-state index in [1.54, 1.807) is 32.9 Å². The maximum Gasteiger partial charge on any atom is 0.324 e. The third-order valence-electron chi connectivity index (χ3n) is 3.77. The van der Waals surface area contributed by atoms with Crippen LogP contribution < -0.4 is 0 Å². The molecule has 0 aromatic rings. The van der Waals surface area contributed by atoms with Gasteiger partial charge in [-0.05, 0) is 19.8 Å². The lowest BCUT2D eigenvalue weighted by molar-refractivity contribution is -0.147. The number of carbonyl (C=O) groups is 2. The third kappa shape index (κ3) is 4.34. The molecule has 1 aliphatic heterocycles. The monoisotopic (exact) mass is 362 g/mol. The molecule has 0 saturated heterocycles. The largest absolute Gasteiger partial charge is 0.468 e. The van der Waals surface area contributed by atoms with Gasteiger partial charge < -0.3 is 9.47 Å². The van der Waals surface area contributed by atoms with Crippen molar-refractivity contribution in [2.24, 2.45) is 5.92 Å². The van der Waals surface area contributed by atoms with Crippen LogP contribution in [-0.4, -0.2) is 67.9 Å². The Morgan fingerprint density at radius 1 is 1.08 bits per heavy atom. The third-order valence-corrected chi connectivity index (χ3v) is 5.80. The highest BCUT2D eigenvalue weighted by Gasteiger charge is 2.43. The highest BCUT2D eigenvalue weighted by atomic mass is 32.2. The Morgan fingerprint density at radius 2 is 1.62 bits per heavy atom. The van der Waals surface area contributed by atoms with Crippen molar-refractivity contribution in [3.8, 4) is 0 Å². The van der Waals surface area contributed by atoms with E-state index in [0.717, 1.165) is 8.61 Å². The number of nitrogens with zero attached hydrogens (tertiary/aromatic N) is 2. The minimum Gasteiger partial charge on any atom is -0.468 e. The predicted octanol–water partition coefficient (Wildman–Crippen LogP) is 0.554. The van der Waals surface area contributed by atoms with Gasteiger partial charge in [0.05, 0.1) is 13.7 Å². The molecule has 0 fully saturated rings. The van der Waals surface area contributed by atoms with Crippen molar-refractivity contribution in [3.05, 3.63) is 12.2 Å². The summed E-state index contributed by atoms with van der Waals surface area (Å²) in [6.45, 7) is 6.83. The predicted molar refractivity (Wildman–Crippen MR) is 88.2 cm³/mol. The molecular formula is C15H26N2O6S. The first-order chi connectivity index (χ1) is 11.2. The van der Waals surface area contributed by atoms with Crippen molar-refractivity contribution in [1.29, 1.82) is 0 Å². The first kappa shape index (κ1) is 20.6. The lowest BCUT2D eigenvalue weighted by atomic mass is 10.0. The molecule has 138 valence electrons. The molecule has 0 saturated carbocycles. The Hall–Kier alpha value is -1.45. The highest BCUT2D eigenvalue weighted by molar-refractivity contribution is 7.86. The van der Waals surface area contributed by atoms with Crippen LogP contribution in [0, 0.1) is 5.92 Å². The molecule has 9 heteroatoms. The molecule has 2 unspecified atom stereocenters. The van der Waals surface area contributed by atoms with Gasteiger partial charge in [0.25, 0.3) is 10.2 Å². The van der Waals surface area contributed by atoms with Crippen LogP contribution in [0.1, 0.15) is 27.7 Å². The quantitative estimate of drug-likeness (QED) is 0.506. The summed E-state index contributed by atoms with van der Waals surface area (Å²) < 4.78 is 37.9.